The maximum absolute atomic E-state index is 12.8. The zero-order chi connectivity index (χ0) is 17.5. The second-order valence-electron chi connectivity index (χ2n) is 5.55. The van der Waals surface area contributed by atoms with Crippen molar-refractivity contribution < 1.29 is 9.18 Å². The second kappa shape index (κ2) is 7.93. The van der Waals surface area contributed by atoms with Gasteiger partial charge in [0.2, 0.25) is 0 Å². The summed E-state index contributed by atoms with van der Waals surface area (Å²) in [5.41, 5.74) is 2.33. The number of benzene rings is 2. The minimum Gasteiger partial charge on any atom is -0.360 e. The Kier molecular flexibility index (Phi) is 5.69. The Hall–Kier alpha value is -3.13. The Morgan fingerprint density at radius 2 is 1.67 bits per heavy atom. The van der Waals surface area contributed by atoms with Gasteiger partial charge in [0.25, 0.3) is 5.91 Å². The summed E-state index contributed by atoms with van der Waals surface area (Å²) in [5, 5.41) is 14.6. The summed E-state index contributed by atoms with van der Waals surface area (Å²) in [5.74, 6) is -0.517. The number of nitrogens with one attached hydrogen (secondary N) is 2. The summed E-state index contributed by atoms with van der Waals surface area (Å²) >= 11 is 0. The molecule has 0 unspecified atom stereocenters. The van der Waals surface area contributed by atoms with Gasteiger partial charge in [0.1, 0.15) is 17.5 Å². The van der Waals surface area contributed by atoms with Gasteiger partial charge in [-0.3, -0.25) is 4.79 Å². The van der Waals surface area contributed by atoms with Gasteiger partial charge in [-0.25, -0.2) is 4.39 Å². The van der Waals surface area contributed by atoms with Crippen LogP contribution in [0.1, 0.15) is 25.3 Å². The Morgan fingerprint density at radius 3 is 2.21 bits per heavy atom. The number of rotatable bonds is 5. The van der Waals surface area contributed by atoms with Gasteiger partial charge in [-0.1, -0.05) is 26.0 Å². The molecule has 1 amide bonds. The molecule has 0 fully saturated rings. The number of halogens is 1. The Bertz CT molecular complexity index is 772. The lowest BCUT2D eigenvalue weighted by Gasteiger charge is -2.07. The van der Waals surface area contributed by atoms with E-state index in [0.717, 1.165) is 5.69 Å². The normalized spacial score (nSPS) is 11.0. The van der Waals surface area contributed by atoms with E-state index in [-0.39, 0.29) is 5.57 Å². The van der Waals surface area contributed by atoms with Crippen LogP contribution in [-0.2, 0) is 4.79 Å². The summed E-state index contributed by atoms with van der Waals surface area (Å²) in [6.45, 7) is 4.21. The number of nitriles is 1. The zero-order valence-corrected chi connectivity index (χ0v) is 13.5. The van der Waals surface area contributed by atoms with E-state index in [9.17, 15) is 9.18 Å². The molecule has 2 N–H and O–H groups in total. The number of hydrogen-bond acceptors (Lipinski definition) is 3. The van der Waals surface area contributed by atoms with Crippen molar-refractivity contribution in [2.45, 2.75) is 19.8 Å². The van der Waals surface area contributed by atoms with Gasteiger partial charge >= 0.3 is 0 Å². The maximum atomic E-state index is 12.8. The monoisotopic (exact) mass is 323 g/mol. The van der Waals surface area contributed by atoms with Crippen molar-refractivity contribution in [1.29, 1.82) is 5.26 Å². The molecule has 2 aromatic rings. The van der Waals surface area contributed by atoms with Gasteiger partial charge in [-0.15, -0.1) is 0 Å². The lowest BCUT2D eigenvalue weighted by molar-refractivity contribution is -0.112. The van der Waals surface area contributed by atoms with Gasteiger partial charge in [-0.2, -0.15) is 5.26 Å². The smallest absolute Gasteiger partial charge is 0.267 e. The van der Waals surface area contributed by atoms with Crippen molar-refractivity contribution in [3.05, 3.63) is 71.7 Å². The van der Waals surface area contributed by atoms with Gasteiger partial charge in [0.05, 0.1) is 0 Å². The molecular weight excluding hydrogens is 305 g/mol. The van der Waals surface area contributed by atoms with Crippen LogP contribution in [0.2, 0.25) is 0 Å². The number of anilines is 2. The average molecular weight is 323 g/mol. The highest BCUT2D eigenvalue weighted by Crippen LogP contribution is 2.17. The standard InChI is InChI=1S/C19H18FN3O/c1-13(2)14-3-7-17(8-4-14)22-12-15(11-21)19(24)23-18-9-5-16(20)6-10-18/h3-10,12-13,22H,1-2H3,(H,23,24)/b15-12-. The SMILES string of the molecule is CC(C)c1ccc(N/C=C(/C#N)C(=O)Nc2ccc(F)cc2)cc1. The van der Waals surface area contributed by atoms with Crippen LogP contribution in [0.15, 0.2) is 60.3 Å². The van der Waals surface area contributed by atoms with Crippen LogP contribution in [-0.4, -0.2) is 5.91 Å². The topological polar surface area (TPSA) is 64.9 Å². The fourth-order valence-electron chi connectivity index (χ4n) is 2.00. The molecule has 0 aliphatic rings. The molecule has 2 aromatic carbocycles. The average Bonchev–Trinajstić information content (AvgIpc) is 2.58. The van der Waals surface area contributed by atoms with E-state index in [1.165, 1.54) is 36.0 Å². The number of amides is 1. The lowest BCUT2D eigenvalue weighted by Crippen LogP contribution is -2.14. The molecule has 0 saturated heterocycles. The minimum absolute atomic E-state index is 0.0766. The van der Waals surface area contributed by atoms with Crippen LogP contribution in [0.25, 0.3) is 0 Å². The molecule has 24 heavy (non-hydrogen) atoms. The molecule has 0 heterocycles. The number of carbonyl (C=O) groups excluding carboxylic acids is 1. The summed E-state index contributed by atoms with van der Waals surface area (Å²) < 4.78 is 12.8. The maximum Gasteiger partial charge on any atom is 0.267 e. The van der Waals surface area contributed by atoms with Crippen LogP contribution in [0.5, 0.6) is 0 Å². The van der Waals surface area contributed by atoms with Gasteiger partial charge < -0.3 is 10.6 Å². The van der Waals surface area contributed by atoms with Gasteiger partial charge in [0.15, 0.2) is 0 Å². The number of hydrogen-bond donors (Lipinski definition) is 2. The fourth-order valence-corrected chi connectivity index (χ4v) is 2.00. The van der Waals surface area contributed by atoms with Gasteiger partial charge in [0, 0.05) is 17.6 Å². The summed E-state index contributed by atoms with van der Waals surface area (Å²) in [4.78, 5) is 12.1. The molecule has 0 saturated carbocycles. The molecular formula is C19H18FN3O. The third-order valence-electron chi connectivity index (χ3n) is 3.43. The molecule has 0 atom stereocenters. The predicted molar refractivity (Wildman–Crippen MR) is 92.9 cm³/mol. The van der Waals surface area contributed by atoms with Crippen molar-refractivity contribution >= 4 is 17.3 Å². The van der Waals surface area contributed by atoms with Crippen LogP contribution >= 0.6 is 0 Å². The van der Waals surface area contributed by atoms with Crippen LogP contribution in [0, 0.1) is 17.1 Å². The number of nitrogens with zero attached hydrogens (tertiary/aromatic N) is 1. The molecule has 0 bridgehead atoms. The first kappa shape index (κ1) is 17.2. The van der Waals surface area contributed by atoms with E-state index in [0.29, 0.717) is 11.6 Å². The molecule has 2 rings (SSSR count). The third-order valence-corrected chi connectivity index (χ3v) is 3.43. The molecule has 122 valence electrons. The summed E-state index contributed by atoms with van der Waals surface area (Å²) in [6, 6.07) is 14.9. The zero-order valence-electron chi connectivity index (χ0n) is 13.5. The summed E-state index contributed by atoms with van der Waals surface area (Å²) in [7, 11) is 0. The van der Waals surface area contributed by atoms with Crippen molar-refractivity contribution in [3.8, 4) is 6.07 Å². The Morgan fingerprint density at radius 1 is 1.08 bits per heavy atom. The van der Waals surface area contributed by atoms with E-state index in [4.69, 9.17) is 5.26 Å². The molecule has 0 spiro atoms. The van der Waals surface area contributed by atoms with Crippen LogP contribution in [0.4, 0.5) is 15.8 Å². The first-order valence-corrected chi connectivity index (χ1v) is 7.53. The Balaban J connectivity index is 2.04. The largest absolute Gasteiger partial charge is 0.360 e. The molecule has 0 aliphatic carbocycles. The third kappa shape index (κ3) is 4.68. The molecule has 0 radical (unpaired) electrons. The molecule has 4 nitrogen and oxygen atoms in total. The first-order chi connectivity index (χ1) is 11.5. The molecule has 0 aromatic heterocycles. The van der Waals surface area contributed by atoms with Crippen LogP contribution < -0.4 is 10.6 Å². The first-order valence-electron chi connectivity index (χ1n) is 7.53. The van der Waals surface area contributed by atoms with E-state index in [1.807, 2.05) is 30.3 Å². The highest BCUT2D eigenvalue weighted by atomic mass is 19.1. The summed E-state index contributed by atoms with van der Waals surface area (Å²) in [6.07, 6.45) is 1.35. The predicted octanol–water partition coefficient (Wildman–Crippen LogP) is 4.41. The van der Waals surface area contributed by atoms with Crippen molar-refractivity contribution in [1.82, 2.24) is 0 Å². The fraction of sp³-hybridized carbons (Fsp3) is 0.158. The molecule has 0 aliphatic heterocycles. The quantitative estimate of drug-likeness (QED) is 0.633. The van der Waals surface area contributed by atoms with E-state index < -0.39 is 11.7 Å². The second-order valence-corrected chi connectivity index (χ2v) is 5.55. The number of carbonyl (C=O) groups is 1. The minimum atomic E-state index is -0.560. The highest BCUT2D eigenvalue weighted by molar-refractivity contribution is 6.06. The van der Waals surface area contributed by atoms with Crippen molar-refractivity contribution in [2.75, 3.05) is 10.6 Å². The van der Waals surface area contributed by atoms with Crippen molar-refractivity contribution in [3.63, 3.8) is 0 Å². The lowest BCUT2D eigenvalue weighted by atomic mass is 10.0. The van der Waals surface area contributed by atoms with E-state index in [2.05, 4.69) is 24.5 Å². The highest BCUT2D eigenvalue weighted by Gasteiger charge is 2.09. The van der Waals surface area contributed by atoms with E-state index >= 15 is 0 Å². The van der Waals surface area contributed by atoms with Crippen LogP contribution in [0.3, 0.4) is 0 Å². The van der Waals surface area contributed by atoms with Gasteiger partial charge in [-0.05, 0) is 47.9 Å². The van der Waals surface area contributed by atoms with E-state index in [1.54, 1.807) is 0 Å². The Labute approximate surface area is 140 Å². The molecule has 5 heteroatoms. The van der Waals surface area contributed by atoms with Crippen molar-refractivity contribution in [2.24, 2.45) is 0 Å².